The number of rotatable bonds is 10. The second-order valence-corrected chi connectivity index (χ2v) is 8.24. The van der Waals surface area contributed by atoms with Crippen LogP contribution in [0.15, 0.2) is 16.6 Å². The van der Waals surface area contributed by atoms with Crippen LogP contribution in [0.3, 0.4) is 0 Å². The lowest BCUT2D eigenvalue weighted by atomic mass is 10.2. The summed E-state index contributed by atoms with van der Waals surface area (Å²) in [7, 11) is 0. The second kappa shape index (κ2) is 11.9. The van der Waals surface area contributed by atoms with E-state index < -0.39 is 42.2 Å². The van der Waals surface area contributed by atoms with E-state index in [1.165, 1.54) is 4.90 Å². The maximum Gasteiger partial charge on any atom is 0.320 e. The van der Waals surface area contributed by atoms with E-state index in [-0.39, 0.29) is 33.0 Å². The number of anilines is 1. The van der Waals surface area contributed by atoms with E-state index in [0.717, 1.165) is 12.1 Å². The first-order valence-corrected chi connectivity index (χ1v) is 11.2. The van der Waals surface area contributed by atoms with Crippen LogP contribution in [-0.4, -0.2) is 58.0 Å². The summed E-state index contributed by atoms with van der Waals surface area (Å²) in [6, 6.07) is 1.26. The first-order chi connectivity index (χ1) is 15.6. The van der Waals surface area contributed by atoms with Crippen LogP contribution in [0.1, 0.15) is 29.8 Å². The van der Waals surface area contributed by atoms with E-state index >= 15 is 0 Å². The SMILES string of the molecule is CCN(CC)C(=O)C(O)CNC(=O)Nc1snc(OCc2c(F)cc(Br)cc2F)c1C(N)=O. The van der Waals surface area contributed by atoms with E-state index in [0.29, 0.717) is 24.6 Å². The highest BCUT2D eigenvalue weighted by Gasteiger charge is 2.24. The van der Waals surface area contributed by atoms with E-state index in [4.69, 9.17) is 10.5 Å². The smallest absolute Gasteiger partial charge is 0.320 e. The van der Waals surface area contributed by atoms with Gasteiger partial charge in [0.2, 0.25) is 5.88 Å². The summed E-state index contributed by atoms with van der Waals surface area (Å²) in [5, 5.41) is 14.5. The van der Waals surface area contributed by atoms with Crippen LogP contribution >= 0.6 is 27.5 Å². The third-order valence-corrected chi connectivity index (χ3v) is 5.61. The zero-order valence-electron chi connectivity index (χ0n) is 17.7. The van der Waals surface area contributed by atoms with Gasteiger partial charge in [0.25, 0.3) is 11.8 Å². The molecule has 2 rings (SSSR count). The van der Waals surface area contributed by atoms with Crippen molar-refractivity contribution in [2.24, 2.45) is 5.73 Å². The van der Waals surface area contributed by atoms with Crippen LogP contribution in [0, 0.1) is 11.6 Å². The Labute approximate surface area is 200 Å². The molecule has 1 atom stereocenters. The van der Waals surface area contributed by atoms with Crippen LogP contribution in [0.4, 0.5) is 18.6 Å². The molecule has 1 unspecified atom stereocenters. The molecular weight excluding hydrogens is 528 g/mol. The molecule has 0 bridgehead atoms. The molecule has 5 N–H and O–H groups in total. The Hall–Kier alpha value is -2.84. The molecule has 4 amide bonds. The van der Waals surface area contributed by atoms with E-state index in [1.54, 1.807) is 13.8 Å². The van der Waals surface area contributed by atoms with Crippen molar-refractivity contribution in [2.45, 2.75) is 26.6 Å². The maximum absolute atomic E-state index is 14.0. The number of hydrogen-bond acceptors (Lipinski definition) is 7. The lowest BCUT2D eigenvalue weighted by Crippen LogP contribution is -2.45. The number of nitrogens with one attached hydrogen (secondary N) is 2. The molecule has 2 aromatic rings. The zero-order valence-corrected chi connectivity index (χ0v) is 20.1. The fourth-order valence-electron chi connectivity index (χ4n) is 2.70. The van der Waals surface area contributed by atoms with Gasteiger partial charge in [-0.05, 0) is 37.5 Å². The summed E-state index contributed by atoms with van der Waals surface area (Å²) >= 11 is 3.62. The van der Waals surface area contributed by atoms with Gasteiger partial charge in [0.05, 0.1) is 12.1 Å². The number of hydrogen-bond donors (Lipinski definition) is 4. The molecule has 14 heteroatoms. The number of nitrogens with two attached hydrogens (primary N) is 1. The minimum atomic E-state index is -1.46. The Morgan fingerprint density at radius 2 is 1.88 bits per heavy atom. The number of aliphatic hydroxyl groups excluding tert-OH is 1. The molecule has 180 valence electrons. The first-order valence-electron chi connectivity index (χ1n) is 9.66. The van der Waals surface area contributed by atoms with Crippen molar-refractivity contribution in [3.05, 3.63) is 39.4 Å². The first kappa shape index (κ1) is 26.4. The number of urea groups is 1. The highest BCUT2D eigenvalue weighted by atomic mass is 79.9. The number of likely N-dealkylation sites (N-methyl/N-ethyl adjacent to an activating group) is 1. The zero-order chi connectivity index (χ0) is 24.7. The van der Waals surface area contributed by atoms with Gasteiger partial charge in [0.1, 0.15) is 34.9 Å². The fourth-order valence-corrected chi connectivity index (χ4v) is 3.83. The largest absolute Gasteiger partial charge is 0.471 e. The van der Waals surface area contributed by atoms with Crippen molar-refractivity contribution in [1.29, 1.82) is 0 Å². The predicted molar refractivity (Wildman–Crippen MR) is 120 cm³/mol. The highest BCUT2D eigenvalue weighted by molar-refractivity contribution is 9.10. The molecule has 0 aliphatic carbocycles. The lowest BCUT2D eigenvalue weighted by Gasteiger charge is -2.22. The van der Waals surface area contributed by atoms with Crippen LogP contribution < -0.4 is 21.1 Å². The number of nitrogens with zero attached hydrogens (tertiary/aromatic N) is 2. The number of halogens is 3. The Bertz CT molecular complexity index is 1010. The fraction of sp³-hybridized carbons (Fsp3) is 0.368. The number of aromatic nitrogens is 1. The Morgan fingerprint density at radius 3 is 2.42 bits per heavy atom. The summed E-state index contributed by atoms with van der Waals surface area (Å²) in [5.74, 6) is -3.59. The molecule has 33 heavy (non-hydrogen) atoms. The lowest BCUT2D eigenvalue weighted by molar-refractivity contribution is -0.139. The minimum absolute atomic E-state index is 0.0868. The number of ether oxygens (including phenoxy) is 1. The van der Waals surface area contributed by atoms with E-state index in [1.807, 2.05) is 0 Å². The van der Waals surface area contributed by atoms with Crippen molar-refractivity contribution < 1.29 is 33.0 Å². The molecule has 0 spiro atoms. The van der Waals surface area contributed by atoms with E-state index in [2.05, 4.69) is 30.9 Å². The van der Waals surface area contributed by atoms with Crippen LogP contribution in [0.25, 0.3) is 0 Å². The summed E-state index contributed by atoms with van der Waals surface area (Å²) < 4.78 is 37.3. The van der Waals surface area contributed by atoms with Crippen molar-refractivity contribution in [2.75, 3.05) is 25.0 Å². The van der Waals surface area contributed by atoms with Crippen LogP contribution in [0.2, 0.25) is 0 Å². The van der Waals surface area contributed by atoms with Gasteiger partial charge in [-0.15, -0.1) is 0 Å². The molecule has 0 fully saturated rings. The Balaban J connectivity index is 2.05. The molecule has 0 aliphatic heterocycles. The van der Waals surface area contributed by atoms with Gasteiger partial charge < -0.3 is 25.8 Å². The summed E-state index contributed by atoms with van der Waals surface area (Å²) in [6.07, 6.45) is -1.46. The second-order valence-electron chi connectivity index (χ2n) is 6.55. The number of carbonyl (C=O) groups excluding carboxylic acids is 3. The van der Waals surface area contributed by atoms with Crippen molar-refractivity contribution in [1.82, 2.24) is 14.6 Å². The monoisotopic (exact) mass is 549 g/mol. The molecule has 10 nitrogen and oxygen atoms in total. The van der Waals surface area contributed by atoms with Gasteiger partial charge in [0.15, 0.2) is 0 Å². The third-order valence-electron chi connectivity index (χ3n) is 4.41. The molecule has 1 aromatic carbocycles. The number of benzene rings is 1. The van der Waals surface area contributed by atoms with Gasteiger partial charge in [-0.2, -0.15) is 4.37 Å². The Kier molecular flexibility index (Phi) is 9.49. The summed E-state index contributed by atoms with van der Waals surface area (Å²) in [5.41, 5.74) is 4.65. The Morgan fingerprint density at radius 1 is 1.27 bits per heavy atom. The van der Waals surface area contributed by atoms with Gasteiger partial charge in [0, 0.05) is 17.6 Å². The quantitative estimate of drug-likeness (QED) is 0.357. The molecule has 1 heterocycles. The average Bonchev–Trinajstić information content (AvgIpc) is 3.14. The molecular formula is C19H22BrF2N5O5S. The molecule has 1 aromatic heterocycles. The van der Waals surface area contributed by atoms with Gasteiger partial charge >= 0.3 is 6.03 Å². The molecule has 0 saturated carbocycles. The number of aliphatic hydroxyl groups is 1. The molecule has 0 radical (unpaired) electrons. The summed E-state index contributed by atoms with van der Waals surface area (Å²) in [4.78, 5) is 37.5. The topological polar surface area (TPSA) is 147 Å². The van der Waals surface area contributed by atoms with Gasteiger partial charge in [-0.3, -0.25) is 14.9 Å². The van der Waals surface area contributed by atoms with Crippen molar-refractivity contribution in [3.8, 4) is 5.88 Å². The number of primary amides is 1. The maximum atomic E-state index is 14.0. The molecule has 0 aliphatic rings. The van der Waals surface area contributed by atoms with Crippen LogP contribution in [-0.2, 0) is 11.4 Å². The number of amides is 4. The van der Waals surface area contributed by atoms with Gasteiger partial charge in [-0.25, -0.2) is 13.6 Å². The highest BCUT2D eigenvalue weighted by Crippen LogP contribution is 2.31. The minimum Gasteiger partial charge on any atom is -0.471 e. The number of carbonyl (C=O) groups is 3. The van der Waals surface area contributed by atoms with Gasteiger partial charge in [-0.1, -0.05) is 15.9 Å². The summed E-state index contributed by atoms with van der Waals surface area (Å²) in [6.45, 7) is 3.35. The van der Waals surface area contributed by atoms with Crippen LogP contribution in [0.5, 0.6) is 5.88 Å². The third kappa shape index (κ3) is 6.82. The average molecular weight is 550 g/mol. The molecule has 0 saturated heterocycles. The van der Waals surface area contributed by atoms with E-state index in [9.17, 15) is 28.3 Å². The predicted octanol–water partition coefficient (Wildman–Crippen LogP) is 2.21. The van der Waals surface area contributed by atoms with Crippen molar-refractivity contribution >= 4 is 50.3 Å². The normalized spacial score (nSPS) is 11.6. The van der Waals surface area contributed by atoms with Crippen molar-refractivity contribution in [3.63, 3.8) is 0 Å². The standard InChI is InChI=1S/C19H22BrF2N5O5S/c1-3-27(4-2)18(30)13(28)7-24-19(31)25-17-14(15(23)29)16(26-33-17)32-8-10-11(21)5-9(20)6-12(10)22/h5-6,13,28H,3-4,7-8H2,1-2H3,(H2,23,29)(H2,24,25,31).